The van der Waals surface area contributed by atoms with Crippen molar-refractivity contribution in [2.75, 3.05) is 6.54 Å². The molecule has 1 saturated heterocycles. The first-order valence-corrected chi connectivity index (χ1v) is 6.16. The Hall–Kier alpha value is 1.17. The van der Waals surface area contributed by atoms with E-state index in [4.69, 9.17) is 0 Å². The molecule has 1 heterocycles. The van der Waals surface area contributed by atoms with Crippen LogP contribution < -0.4 is 27.4 Å². The fourth-order valence-electron chi connectivity index (χ4n) is 3.14. The van der Waals surface area contributed by atoms with Gasteiger partial charge in [0.05, 0.1) is 0 Å². The van der Waals surface area contributed by atoms with Crippen molar-refractivity contribution in [2.24, 2.45) is 17.8 Å². The van der Waals surface area contributed by atoms with E-state index in [0.717, 1.165) is 18.9 Å². The summed E-state index contributed by atoms with van der Waals surface area (Å²) in [7, 11) is 0. The number of rotatable bonds is 1. The topological polar surface area (TPSA) is 35.1 Å². The molecular formula is C12H22BrMgNO. The molecule has 0 bridgehead atoms. The summed E-state index contributed by atoms with van der Waals surface area (Å²) in [5.41, 5.74) is 0. The summed E-state index contributed by atoms with van der Waals surface area (Å²) in [5, 5.41) is 14.9. The molecule has 3 atom stereocenters. The molecule has 1 aliphatic carbocycles. The Kier molecular flexibility index (Phi) is 8.90. The van der Waals surface area contributed by atoms with Crippen LogP contribution in [0.2, 0.25) is 0 Å². The molecule has 0 aromatic heterocycles. The number of piperidine rings is 1. The third-order valence-corrected chi connectivity index (χ3v) is 3.99. The maximum Gasteiger partial charge on any atom is 2.00 e. The van der Waals surface area contributed by atoms with Crippen molar-refractivity contribution in [2.45, 2.75) is 51.7 Å². The summed E-state index contributed by atoms with van der Waals surface area (Å²) >= 11 is 0. The molecule has 1 saturated carbocycles. The zero-order valence-electron chi connectivity index (χ0n) is 10.3. The number of nitrogens with one attached hydrogen (secondary N) is 1. The van der Waals surface area contributed by atoms with E-state index < -0.39 is 6.23 Å². The maximum absolute atomic E-state index is 11.8. The molecule has 2 aliphatic rings. The molecule has 3 unspecified atom stereocenters. The predicted molar refractivity (Wildman–Crippen MR) is 61.4 cm³/mol. The largest absolute Gasteiger partial charge is 2.00 e. The van der Waals surface area contributed by atoms with Crippen molar-refractivity contribution in [1.29, 1.82) is 0 Å². The number of hydrogen-bond donors (Lipinski definition) is 1. The van der Waals surface area contributed by atoms with Crippen LogP contribution in [-0.4, -0.2) is 35.8 Å². The van der Waals surface area contributed by atoms with Crippen molar-refractivity contribution in [3.63, 3.8) is 0 Å². The van der Waals surface area contributed by atoms with E-state index in [-0.39, 0.29) is 40.0 Å². The molecule has 2 fully saturated rings. The Morgan fingerprint density at radius 1 is 1.12 bits per heavy atom. The quantitative estimate of drug-likeness (QED) is 0.576. The van der Waals surface area contributed by atoms with E-state index in [1.807, 2.05) is 0 Å². The summed E-state index contributed by atoms with van der Waals surface area (Å²) in [6, 6.07) is 0. The standard InChI is InChI=1S/C12H22NO.BrH.Mg/c1-9-7-11(12(14)13-8-9)10-5-3-2-4-6-10;;/h9-13H,2-8H2,1H3;1H;/q-1;;+2/p-1. The smallest absolute Gasteiger partial charge is 1.00 e. The first-order chi connectivity index (χ1) is 6.77. The molecule has 0 amide bonds. The van der Waals surface area contributed by atoms with Gasteiger partial charge in [-0.05, 0) is 30.7 Å². The minimum Gasteiger partial charge on any atom is -1.00 e. The molecule has 0 radical (unpaired) electrons. The van der Waals surface area contributed by atoms with Gasteiger partial charge in [0.15, 0.2) is 0 Å². The predicted octanol–water partition coefficient (Wildman–Crippen LogP) is -1.88. The van der Waals surface area contributed by atoms with Gasteiger partial charge in [-0.3, -0.25) is 0 Å². The van der Waals surface area contributed by atoms with E-state index in [1.165, 1.54) is 32.1 Å². The minimum absolute atomic E-state index is 0. The van der Waals surface area contributed by atoms with Gasteiger partial charge in [0.1, 0.15) is 0 Å². The van der Waals surface area contributed by atoms with E-state index in [2.05, 4.69) is 12.2 Å². The summed E-state index contributed by atoms with van der Waals surface area (Å²) in [6.07, 6.45) is 7.37. The van der Waals surface area contributed by atoms with Gasteiger partial charge < -0.3 is 27.4 Å². The van der Waals surface area contributed by atoms with E-state index in [9.17, 15) is 5.11 Å². The summed E-state index contributed by atoms with van der Waals surface area (Å²) in [6.45, 7) is 3.19. The molecule has 2 nitrogen and oxygen atoms in total. The van der Waals surface area contributed by atoms with E-state index in [0.29, 0.717) is 11.8 Å². The van der Waals surface area contributed by atoms with Gasteiger partial charge in [-0.2, -0.15) is 0 Å². The van der Waals surface area contributed by atoms with Crippen LogP contribution in [0.25, 0.3) is 0 Å². The molecule has 0 spiro atoms. The van der Waals surface area contributed by atoms with E-state index in [1.54, 1.807) is 0 Å². The number of halogens is 1. The van der Waals surface area contributed by atoms with Gasteiger partial charge in [0, 0.05) is 0 Å². The third-order valence-electron chi connectivity index (χ3n) is 3.99. The third kappa shape index (κ3) is 4.45. The second-order valence-electron chi connectivity index (χ2n) is 5.23. The molecule has 4 heteroatoms. The average Bonchev–Trinajstić information content (AvgIpc) is 2.23. The molecule has 0 aromatic carbocycles. The van der Waals surface area contributed by atoms with Crippen molar-refractivity contribution in [1.82, 2.24) is 5.32 Å². The average molecular weight is 301 g/mol. The fourth-order valence-corrected chi connectivity index (χ4v) is 3.14. The van der Waals surface area contributed by atoms with Crippen LogP contribution in [0.4, 0.5) is 0 Å². The van der Waals surface area contributed by atoms with Gasteiger partial charge in [0.2, 0.25) is 0 Å². The normalized spacial score (nSPS) is 36.0. The zero-order chi connectivity index (χ0) is 9.97. The van der Waals surface area contributed by atoms with Crippen LogP contribution >= 0.6 is 0 Å². The monoisotopic (exact) mass is 299 g/mol. The molecular weight excluding hydrogens is 278 g/mol. The van der Waals surface area contributed by atoms with Crippen molar-refractivity contribution < 1.29 is 22.1 Å². The molecule has 16 heavy (non-hydrogen) atoms. The molecule has 2 rings (SSSR count). The Morgan fingerprint density at radius 2 is 1.75 bits per heavy atom. The van der Waals surface area contributed by atoms with Gasteiger partial charge in [-0.15, -0.1) is 0 Å². The number of hydrogen-bond acceptors (Lipinski definition) is 2. The zero-order valence-corrected chi connectivity index (χ0v) is 13.3. The van der Waals surface area contributed by atoms with Gasteiger partial charge in [0.25, 0.3) is 0 Å². The first-order valence-electron chi connectivity index (χ1n) is 6.16. The first kappa shape index (κ1) is 17.2. The minimum atomic E-state index is -0.478. The fraction of sp³-hybridized carbons (Fsp3) is 1.00. The van der Waals surface area contributed by atoms with Crippen LogP contribution in [0.15, 0.2) is 0 Å². The summed E-state index contributed by atoms with van der Waals surface area (Å²) in [5.74, 6) is 1.84. The van der Waals surface area contributed by atoms with Crippen LogP contribution in [0.1, 0.15) is 45.4 Å². The molecule has 1 N–H and O–H groups in total. The van der Waals surface area contributed by atoms with Crippen LogP contribution in [0.5, 0.6) is 0 Å². The molecule has 90 valence electrons. The van der Waals surface area contributed by atoms with Crippen LogP contribution in [0, 0.1) is 17.8 Å². The second-order valence-corrected chi connectivity index (χ2v) is 5.23. The van der Waals surface area contributed by atoms with E-state index >= 15 is 0 Å². The SMILES string of the molecule is CC1CNC([O-])C(C2CCCCC2)C1.[Br-].[Mg+2]. The Bertz CT molecular complexity index is 188. The Labute approximate surface area is 126 Å². The van der Waals surface area contributed by atoms with Crippen molar-refractivity contribution >= 4 is 23.1 Å². The van der Waals surface area contributed by atoms with Crippen LogP contribution in [-0.2, 0) is 0 Å². The van der Waals surface area contributed by atoms with Crippen LogP contribution in [0.3, 0.4) is 0 Å². The van der Waals surface area contributed by atoms with Gasteiger partial charge in [-0.1, -0.05) is 45.3 Å². The van der Waals surface area contributed by atoms with Crippen molar-refractivity contribution in [3.8, 4) is 0 Å². The maximum atomic E-state index is 11.8. The molecule has 0 aromatic rings. The summed E-state index contributed by atoms with van der Waals surface area (Å²) < 4.78 is 0. The van der Waals surface area contributed by atoms with Gasteiger partial charge in [-0.25, -0.2) is 0 Å². The molecule has 1 aliphatic heterocycles. The second kappa shape index (κ2) is 8.30. The van der Waals surface area contributed by atoms with Crippen molar-refractivity contribution in [3.05, 3.63) is 0 Å². The van der Waals surface area contributed by atoms with Gasteiger partial charge >= 0.3 is 23.1 Å². The summed E-state index contributed by atoms with van der Waals surface area (Å²) in [4.78, 5) is 0. The Balaban J connectivity index is 0.00000112. The Morgan fingerprint density at radius 3 is 2.38 bits per heavy atom.